The molecular weight excluding hydrogens is 436 g/mol. The Labute approximate surface area is 188 Å². The Bertz CT molecular complexity index is 1140. The zero-order chi connectivity index (χ0) is 21.8. The molecule has 1 aromatic carbocycles. The fraction of sp³-hybridized carbons (Fsp3) is 0.174. The van der Waals surface area contributed by atoms with Crippen LogP contribution in [0.15, 0.2) is 54.9 Å². The van der Waals surface area contributed by atoms with E-state index in [0.29, 0.717) is 39.4 Å². The van der Waals surface area contributed by atoms with E-state index in [2.05, 4.69) is 10.3 Å². The van der Waals surface area contributed by atoms with Crippen LogP contribution in [0.5, 0.6) is 16.6 Å². The Morgan fingerprint density at radius 2 is 2.23 bits per heavy atom. The second-order valence-corrected chi connectivity index (χ2v) is 8.43. The summed E-state index contributed by atoms with van der Waals surface area (Å²) in [6.45, 7) is 1.87. The number of hydrogen-bond acceptors (Lipinski definition) is 6. The van der Waals surface area contributed by atoms with E-state index in [1.165, 1.54) is 24.3 Å². The molecule has 0 fully saturated rings. The molecule has 1 amide bonds. The highest BCUT2D eigenvalue weighted by Crippen LogP contribution is 2.41. The molecule has 4 rings (SSSR count). The molecule has 1 atom stereocenters. The van der Waals surface area contributed by atoms with Gasteiger partial charge in [-0.05, 0) is 42.8 Å². The van der Waals surface area contributed by atoms with Crippen LogP contribution in [0.4, 0.5) is 0 Å². The lowest BCUT2D eigenvalue weighted by atomic mass is 10.1. The normalized spacial score (nSPS) is 14.8. The highest BCUT2D eigenvalue weighted by molar-refractivity contribution is 7.15. The molecule has 3 aromatic rings. The lowest BCUT2D eigenvalue weighted by molar-refractivity contribution is -0.116. The number of Topliss-reactive ketones (excluding diaryl/α,β-unsaturated/α-hetero) is 1. The monoisotopic (exact) mass is 454 g/mol. The number of carbonyl (C=O) groups excluding carboxylic acids is 2. The van der Waals surface area contributed by atoms with Gasteiger partial charge < -0.3 is 14.8 Å². The van der Waals surface area contributed by atoms with E-state index >= 15 is 0 Å². The average molecular weight is 455 g/mol. The van der Waals surface area contributed by atoms with Crippen LogP contribution in [-0.4, -0.2) is 29.3 Å². The Morgan fingerprint density at radius 1 is 1.35 bits per heavy atom. The van der Waals surface area contributed by atoms with Crippen molar-refractivity contribution in [3.63, 3.8) is 0 Å². The predicted octanol–water partition coefficient (Wildman–Crippen LogP) is 4.92. The first kappa shape index (κ1) is 21.1. The number of ether oxygens (including phenoxy) is 2. The van der Waals surface area contributed by atoms with Gasteiger partial charge in [0.05, 0.1) is 16.4 Å². The van der Waals surface area contributed by atoms with E-state index in [4.69, 9.17) is 21.1 Å². The van der Waals surface area contributed by atoms with Crippen molar-refractivity contribution in [2.75, 3.05) is 6.54 Å². The number of nitrogens with one attached hydrogen (secondary N) is 1. The van der Waals surface area contributed by atoms with E-state index < -0.39 is 0 Å². The van der Waals surface area contributed by atoms with Gasteiger partial charge in [-0.15, -0.1) is 0 Å². The van der Waals surface area contributed by atoms with Gasteiger partial charge in [0.2, 0.25) is 5.91 Å². The minimum atomic E-state index is -0.218. The van der Waals surface area contributed by atoms with Crippen molar-refractivity contribution in [2.45, 2.75) is 19.4 Å². The molecule has 158 valence electrons. The quantitative estimate of drug-likeness (QED) is 0.405. The summed E-state index contributed by atoms with van der Waals surface area (Å²) in [6.07, 6.45) is 6.91. The second kappa shape index (κ2) is 9.32. The molecule has 0 bridgehead atoms. The zero-order valence-corrected chi connectivity index (χ0v) is 18.2. The maximum Gasteiger partial charge on any atom is 0.244 e. The lowest BCUT2D eigenvalue weighted by Gasteiger charge is -2.11. The summed E-state index contributed by atoms with van der Waals surface area (Å²) >= 11 is 7.67. The van der Waals surface area contributed by atoms with Crippen molar-refractivity contribution >= 4 is 40.7 Å². The van der Waals surface area contributed by atoms with Crippen molar-refractivity contribution in [3.05, 3.63) is 75.9 Å². The Morgan fingerprint density at radius 3 is 2.97 bits per heavy atom. The third kappa shape index (κ3) is 5.31. The highest BCUT2D eigenvalue weighted by Gasteiger charge is 2.26. The highest BCUT2D eigenvalue weighted by atomic mass is 35.5. The van der Waals surface area contributed by atoms with Crippen molar-refractivity contribution in [1.82, 2.24) is 10.3 Å². The molecule has 0 aliphatic carbocycles. The fourth-order valence-corrected chi connectivity index (χ4v) is 4.18. The molecule has 0 radical (unpaired) electrons. The third-order valence-electron chi connectivity index (χ3n) is 4.59. The molecule has 0 saturated carbocycles. The van der Waals surface area contributed by atoms with Gasteiger partial charge in [-0.25, -0.2) is 0 Å². The van der Waals surface area contributed by atoms with Crippen LogP contribution in [-0.2, 0) is 11.2 Å². The molecule has 31 heavy (non-hydrogen) atoms. The van der Waals surface area contributed by atoms with E-state index in [1.54, 1.807) is 36.7 Å². The number of ketones is 1. The van der Waals surface area contributed by atoms with Crippen LogP contribution < -0.4 is 14.8 Å². The number of carbonyl (C=O) groups is 2. The first-order valence-electron chi connectivity index (χ1n) is 9.61. The Balaban J connectivity index is 1.35. The summed E-state index contributed by atoms with van der Waals surface area (Å²) in [5.41, 5.74) is 1.76. The average Bonchev–Trinajstić information content (AvgIpc) is 3.39. The summed E-state index contributed by atoms with van der Waals surface area (Å²) in [5, 5.41) is 3.90. The lowest BCUT2D eigenvalue weighted by Crippen LogP contribution is -2.33. The summed E-state index contributed by atoms with van der Waals surface area (Å²) in [6, 6.07) is 10.7. The maximum absolute atomic E-state index is 12.1. The fourth-order valence-electron chi connectivity index (χ4n) is 3.13. The summed E-state index contributed by atoms with van der Waals surface area (Å²) < 4.78 is 11.8. The van der Waals surface area contributed by atoms with E-state index in [-0.39, 0.29) is 17.8 Å². The summed E-state index contributed by atoms with van der Waals surface area (Å²) in [7, 11) is 0. The maximum atomic E-state index is 12.1. The molecule has 1 unspecified atom stereocenters. The van der Waals surface area contributed by atoms with Crippen molar-refractivity contribution in [1.29, 1.82) is 0 Å². The number of thiophene rings is 1. The van der Waals surface area contributed by atoms with Crippen LogP contribution in [0, 0.1) is 0 Å². The number of hydrogen-bond donors (Lipinski definition) is 1. The molecule has 8 heteroatoms. The molecule has 1 N–H and O–H groups in total. The van der Waals surface area contributed by atoms with Gasteiger partial charge in [-0.2, -0.15) is 0 Å². The van der Waals surface area contributed by atoms with Crippen LogP contribution in [0.3, 0.4) is 0 Å². The van der Waals surface area contributed by atoms with Gasteiger partial charge in [0, 0.05) is 36.5 Å². The predicted molar refractivity (Wildman–Crippen MR) is 120 cm³/mol. The Kier molecular flexibility index (Phi) is 6.34. The minimum Gasteiger partial charge on any atom is -0.486 e. The first-order chi connectivity index (χ1) is 15.0. The number of aromatic nitrogens is 1. The molecule has 1 aliphatic heterocycles. The van der Waals surface area contributed by atoms with Crippen molar-refractivity contribution in [3.8, 4) is 16.6 Å². The van der Waals surface area contributed by atoms with Crippen LogP contribution >= 0.6 is 22.9 Å². The molecule has 6 nitrogen and oxygen atoms in total. The number of nitrogens with zero attached hydrogens (tertiary/aromatic N) is 1. The zero-order valence-electron chi connectivity index (χ0n) is 16.6. The summed E-state index contributed by atoms with van der Waals surface area (Å²) in [4.78, 5) is 28.2. The van der Waals surface area contributed by atoms with Crippen LogP contribution in [0.2, 0.25) is 5.02 Å². The van der Waals surface area contributed by atoms with E-state index in [1.807, 2.05) is 18.2 Å². The van der Waals surface area contributed by atoms with Crippen molar-refractivity contribution < 1.29 is 19.1 Å². The van der Waals surface area contributed by atoms with Gasteiger partial charge in [0.25, 0.3) is 0 Å². The largest absolute Gasteiger partial charge is 0.486 e. The number of halogens is 1. The standard InChI is InChI=1S/C23H19ClN2O4S/c1-14(27)20-5-7-22(31-20)29-17-9-16-10-18(30-23(16)19(24)11-17)13-26-21(28)6-4-15-3-2-8-25-12-15/h2-9,11-12,18H,10,13H2,1H3,(H,26,28). The number of benzene rings is 1. The summed E-state index contributed by atoms with van der Waals surface area (Å²) in [5.74, 6) is 0.973. The third-order valence-corrected chi connectivity index (χ3v) is 5.93. The number of rotatable bonds is 7. The number of fused-ring (bicyclic) bond motifs is 1. The molecule has 0 saturated heterocycles. The SMILES string of the molecule is CC(=O)c1ccc(Oc2cc(Cl)c3c(c2)CC(CNC(=O)C=Cc2cccnc2)O3)s1. The van der Waals surface area contributed by atoms with Gasteiger partial charge in [-0.3, -0.25) is 14.6 Å². The van der Waals surface area contributed by atoms with Gasteiger partial charge in [0.15, 0.2) is 10.8 Å². The molecule has 0 spiro atoms. The Hall–Kier alpha value is -3.16. The van der Waals surface area contributed by atoms with E-state index in [0.717, 1.165) is 11.1 Å². The molecule has 2 aromatic heterocycles. The van der Waals surface area contributed by atoms with Crippen LogP contribution in [0.1, 0.15) is 27.7 Å². The molecule has 1 aliphatic rings. The molecular formula is C23H19ClN2O4S. The molecule has 3 heterocycles. The first-order valence-corrected chi connectivity index (χ1v) is 10.8. The van der Waals surface area contributed by atoms with Gasteiger partial charge in [0.1, 0.15) is 17.6 Å². The van der Waals surface area contributed by atoms with E-state index in [9.17, 15) is 9.59 Å². The van der Waals surface area contributed by atoms with Gasteiger partial charge in [-0.1, -0.05) is 29.0 Å². The second-order valence-electron chi connectivity index (χ2n) is 6.98. The minimum absolute atomic E-state index is 0.000375. The number of amides is 1. The van der Waals surface area contributed by atoms with Crippen molar-refractivity contribution in [2.24, 2.45) is 0 Å². The van der Waals surface area contributed by atoms with Crippen LogP contribution in [0.25, 0.3) is 6.08 Å². The van der Waals surface area contributed by atoms with Gasteiger partial charge >= 0.3 is 0 Å². The topological polar surface area (TPSA) is 77.5 Å². The smallest absolute Gasteiger partial charge is 0.244 e. The number of pyridine rings is 1.